The molecular weight excluding hydrogens is 188 g/mol. The number of allylic oxidation sites excluding steroid dienone is 2. The van der Waals surface area contributed by atoms with Crippen LogP contribution in [0.5, 0.6) is 0 Å². The Bertz CT molecular complexity index is 247. The normalized spacial score (nSPS) is 11.9. The quantitative estimate of drug-likeness (QED) is 0.512. The Kier molecular flexibility index (Phi) is 6.76. The molecule has 15 heavy (non-hydrogen) atoms. The van der Waals surface area contributed by atoms with E-state index in [9.17, 15) is 4.79 Å². The zero-order chi connectivity index (χ0) is 11.8. The van der Waals surface area contributed by atoms with Crippen molar-refractivity contribution in [2.45, 2.75) is 46.5 Å². The monoisotopic (exact) mass is 210 g/mol. The highest BCUT2D eigenvalue weighted by Gasteiger charge is 2.07. The molecule has 0 amide bonds. The van der Waals surface area contributed by atoms with Gasteiger partial charge in [0.2, 0.25) is 0 Å². The van der Waals surface area contributed by atoms with Crippen molar-refractivity contribution in [1.29, 1.82) is 0 Å². The van der Waals surface area contributed by atoms with E-state index in [1.807, 2.05) is 0 Å². The third-order valence-corrected chi connectivity index (χ3v) is 2.45. The van der Waals surface area contributed by atoms with Crippen LogP contribution < -0.4 is 0 Å². The van der Waals surface area contributed by atoms with Crippen molar-refractivity contribution in [3.63, 3.8) is 0 Å². The van der Waals surface area contributed by atoms with Crippen molar-refractivity contribution < 1.29 is 9.90 Å². The van der Waals surface area contributed by atoms with Gasteiger partial charge in [-0.15, -0.1) is 0 Å². The number of carboxylic acid groups (broad SMARTS) is 1. The minimum atomic E-state index is -0.869. The minimum Gasteiger partial charge on any atom is -0.478 e. The number of hydrogen-bond acceptors (Lipinski definition) is 1. The lowest BCUT2D eigenvalue weighted by Crippen LogP contribution is -2.02. The second kappa shape index (κ2) is 7.27. The van der Waals surface area contributed by atoms with Crippen LogP contribution in [0.3, 0.4) is 0 Å². The summed E-state index contributed by atoms with van der Waals surface area (Å²) in [6, 6.07) is 0. The molecule has 0 aromatic heterocycles. The van der Waals surface area contributed by atoms with Gasteiger partial charge in [0.25, 0.3) is 0 Å². The predicted molar refractivity (Wildman–Crippen MR) is 63.8 cm³/mol. The minimum absolute atomic E-state index is 0.323. The first-order valence-corrected chi connectivity index (χ1v) is 5.48. The molecule has 0 heterocycles. The smallest absolute Gasteiger partial charge is 0.330 e. The Morgan fingerprint density at radius 1 is 1.40 bits per heavy atom. The van der Waals surface area contributed by atoms with Crippen molar-refractivity contribution in [2.24, 2.45) is 5.92 Å². The maximum Gasteiger partial charge on any atom is 0.330 e. The van der Waals surface area contributed by atoms with Crippen LogP contribution in [0.25, 0.3) is 0 Å². The Hall–Kier alpha value is -1.05. The van der Waals surface area contributed by atoms with E-state index in [0.29, 0.717) is 17.9 Å². The van der Waals surface area contributed by atoms with Gasteiger partial charge < -0.3 is 5.11 Å². The van der Waals surface area contributed by atoms with Crippen LogP contribution in [0.4, 0.5) is 0 Å². The number of hydrogen-bond donors (Lipinski definition) is 1. The summed E-state index contributed by atoms with van der Waals surface area (Å²) in [4.78, 5) is 10.5. The first kappa shape index (κ1) is 13.9. The van der Waals surface area contributed by atoms with Gasteiger partial charge in [-0.3, -0.25) is 0 Å². The maximum atomic E-state index is 10.5. The van der Waals surface area contributed by atoms with Crippen molar-refractivity contribution >= 4 is 5.97 Å². The molecule has 2 nitrogen and oxygen atoms in total. The van der Waals surface area contributed by atoms with Gasteiger partial charge in [0.05, 0.1) is 0 Å². The van der Waals surface area contributed by atoms with Crippen molar-refractivity contribution in [1.82, 2.24) is 0 Å². The lowest BCUT2D eigenvalue weighted by Gasteiger charge is -2.09. The molecule has 1 atom stereocenters. The summed E-state index contributed by atoms with van der Waals surface area (Å²) < 4.78 is 0. The van der Waals surface area contributed by atoms with E-state index >= 15 is 0 Å². The molecule has 2 heteroatoms. The summed E-state index contributed by atoms with van der Waals surface area (Å²) >= 11 is 0. The van der Waals surface area contributed by atoms with Gasteiger partial charge >= 0.3 is 5.97 Å². The molecule has 86 valence electrons. The Balaban J connectivity index is 3.66. The van der Waals surface area contributed by atoms with E-state index < -0.39 is 5.97 Å². The Labute approximate surface area is 92.7 Å². The van der Waals surface area contributed by atoms with Crippen molar-refractivity contribution in [3.05, 3.63) is 23.8 Å². The molecule has 0 aliphatic rings. The van der Waals surface area contributed by atoms with Crippen LogP contribution in [0, 0.1) is 5.92 Å². The summed E-state index contributed by atoms with van der Waals surface area (Å²) in [5.74, 6) is -0.303. The van der Waals surface area contributed by atoms with Gasteiger partial charge in [0.15, 0.2) is 0 Å². The average Bonchev–Trinajstić information content (AvgIpc) is 2.13. The van der Waals surface area contributed by atoms with Crippen molar-refractivity contribution in [3.8, 4) is 0 Å². The van der Waals surface area contributed by atoms with Gasteiger partial charge in [-0.1, -0.05) is 25.2 Å². The molecule has 0 aliphatic carbocycles. The molecule has 0 spiro atoms. The third-order valence-electron chi connectivity index (χ3n) is 2.45. The second-order valence-electron chi connectivity index (χ2n) is 4.41. The van der Waals surface area contributed by atoms with Crippen LogP contribution in [0.1, 0.15) is 46.5 Å². The van der Waals surface area contributed by atoms with Crippen LogP contribution in [-0.4, -0.2) is 11.1 Å². The molecule has 0 rings (SSSR count). The largest absolute Gasteiger partial charge is 0.478 e. The summed E-state index contributed by atoms with van der Waals surface area (Å²) in [6.07, 6.45) is 5.96. The van der Waals surface area contributed by atoms with Gasteiger partial charge in [-0.25, -0.2) is 4.79 Å². The van der Waals surface area contributed by atoms with E-state index in [2.05, 4.69) is 33.4 Å². The number of aliphatic carboxylic acids is 1. The zero-order valence-corrected chi connectivity index (χ0v) is 10.0. The van der Waals surface area contributed by atoms with Gasteiger partial charge in [0, 0.05) is 5.57 Å². The highest BCUT2D eigenvalue weighted by Crippen LogP contribution is 2.16. The summed E-state index contributed by atoms with van der Waals surface area (Å²) in [7, 11) is 0. The van der Waals surface area contributed by atoms with Gasteiger partial charge in [-0.05, 0) is 45.4 Å². The van der Waals surface area contributed by atoms with E-state index in [4.69, 9.17) is 5.11 Å². The Morgan fingerprint density at radius 2 is 2.00 bits per heavy atom. The molecular formula is C13H22O2. The molecule has 0 aliphatic heterocycles. The fourth-order valence-corrected chi connectivity index (χ4v) is 1.33. The first-order valence-electron chi connectivity index (χ1n) is 5.48. The van der Waals surface area contributed by atoms with E-state index in [-0.39, 0.29) is 0 Å². The van der Waals surface area contributed by atoms with Gasteiger partial charge in [-0.2, -0.15) is 0 Å². The van der Waals surface area contributed by atoms with Crippen LogP contribution in [-0.2, 0) is 4.79 Å². The first-order chi connectivity index (χ1) is 6.93. The van der Waals surface area contributed by atoms with Crippen LogP contribution in [0.15, 0.2) is 23.8 Å². The summed E-state index contributed by atoms with van der Waals surface area (Å²) in [5, 5.41) is 8.63. The maximum absolute atomic E-state index is 10.5. The average molecular weight is 210 g/mol. The zero-order valence-electron chi connectivity index (χ0n) is 10.0. The van der Waals surface area contributed by atoms with E-state index in [1.165, 1.54) is 5.57 Å². The summed E-state index contributed by atoms with van der Waals surface area (Å²) in [6.45, 7) is 9.87. The molecule has 0 bridgehead atoms. The Morgan fingerprint density at radius 3 is 2.47 bits per heavy atom. The molecule has 1 N–H and O–H groups in total. The fourth-order valence-electron chi connectivity index (χ4n) is 1.33. The predicted octanol–water partition coefficient (Wildman–Crippen LogP) is 3.79. The second-order valence-corrected chi connectivity index (χ2v) is 4.41. The summed E-state index contributed by atoms with van der Waals surface area (Å²) in [5.41, 5.74) is 1.67. The van der Waals surface area contributed by atoms with E-state index in [0.717, 1.165) is 19.3 Å². The third kappa shape index (κ3) is 7.98. The SMILES string of the molecule is C=C(CCC(C)CCC=C(C)C)C(=O)O. The molecule has 0 aromatic carbocycles. The number of carbonyl (C=O) groups is 1. The highest BCUT2D eigenvalue weighted by molar-refractivity contribution is 5.85. The standard InChI is InChI=1S/C13H22O2/c1-10(2)6-5-7-11(3)8-9-12(4)13(14)15/h6,11H,4-5,7-9H2,1-3H3,(H,14,15). The van der Waals surface area contributed by atoms with Crippen molar-refractivity contribution in [2.75, 3.05) is 0 Å². The molecule has 0 saturated heterocycles. The van der Waals surface area contributed by atoms with Gasteiger partial charge in [0.1, 0.15) is 0 Å². The van der Waals surface area contributed by atoms with Crippen LogP contribution >= 0.6 is 0 Å². The topological polar surface area (TPSA) is 37.3 Å². The highest BCUT2D eigenvalue weighted by atomic mass is 16.4. The van der Waals surface area contributed by atoms with Crippen LogP contribution in [0.2, 0.25) is 0 Å². The molecule has 0 fully saturated rings. The molecule has 1 unspecified atom stereocenters. The van der Waals surface area contributed by atoms with E-state index in [1.54, 1.807) is 0 Å². The number of carboxylic acids is 1. The molecule has 0 saturated carbocycles. The lowest BCUT2D eigenvalue weighted by atomic mass is 9.97. The fraction of sp³-hybridized carbons (Fsp3) is 0.615. The molecule has 0 radical (unpaired) electrons. The lowest BCUT2D eigenvalue weighted by molar-refractivity contribution is -0.132. The number of rotatable bonds is 7. The molecule has 0 aromatic rings.